The Labute approximate surface area is 138 Å². The standard InChI is InChI=1S/C19H23NO2S/c1-15(16-7-3-2-4-8-16)14-20-23(21,22)19-12-11-17-9-5-6-10-18(17)13-19/h2-4,7-8,11-13,15,20H,5-6,9-10,14H2,1H3/t15-/m1/s1. The molecular weight excluding hydrogens is 306 g/mol. The first-order chi connectivity index (χ1) is 11.1. The predicted molar refractivity (Wildman–Crippen MR) is 93.1 cm³/mol. The van der Waals surface area contributed by atoms with Crippen molar-refractivity contribution in [2.45, 2.75) is 43.4 Å². The van der Waals surface area contributed by atoms with E-state index in [1.54, 1.807) is 6.07 Å². The molecule has 2 aromatic carbocycles. The summed E-state index contributed by atoms with van der Waals surface area (Å²) in [6.45, 7) is 2.44. The fourth-order valence-corrected chi connectivity index (χ4v) is 4.28. The van der Waals surface area contributed by atoms with Crippen molar-refractivity contribution < 1.29 is 8.42 Å². The summed E-state index contributed by atoms with van der Waals surface area (Å²) >= 11 is 0. The molecule has 0 spiro atoms. The van der Waals surface area contributed by atoms with Crippen molar-refractivity contribution in [1.82, 2.24) is 4.72 Å². The minimum Gasteiger partial charge on any atom is -0.211 e. The zero-order valence-electron chi connectivity index (χ0n) is 13.5. The van der Waals surface area contributed by atoms with Crippen LogP contribution in [0.5, 0.6) is 0 Å². The molecule has 0 unspecified atom stereocenters. The van der Waals surface area contributed by atoms with Crippen LogP contribution in [0.3, 0.4) is 0 Å². The van der Waals surface area contributed by atoms with E-state index >= 15 is 0 Å². The third-order valence-electron chi connectivity index (χ3n) is 4.58. The second-order valence-electron chi connectivity index (χ2n) is 6.30. The van der Waals surface area contributed by atoms with Crippen LogP contribution in [0, 0.1) is 0 Å². The molecule has 0 fully saturated rings. The maximum atomic E-state index is 12.5. The Morgan fingerprint density at radius 1 is 1.00 bits per heavy atom. The maximum Gasteiger partial charge on any atom is 0.240 e. The molecule has 0 heterocycles. The molecule has 1 aliphatic rings. The predicted octanol–water partition coefficient (Wildman–Crippen LogP) is 3.65. The Morgan fingerprint density at radius 2 is 1.70 bits per heavy atom. The van der Waals surface area contributed by atoms with Gasteiger partial charge in [-0.1, -0.05) is 43.3 Å². The molecule has 0 amide bonds. The number of nitrogens with one attached hydrogen (secondary N) is 1. The Bertz CT molecular complexity index is 769. The molecule has 1 N–H and O–H groups in total. The fourth-order valence-electron chi connectivity index (χ4n) is 3.09. The minimum atomic E-state index is -3.45. The van der Waals surface area contributed by atoms with E-state index < -0.39 is 10.0 Å². The van der Waals surface area contributed by atoms with Crippen molar-refractivity contribution in [3.63, 3.8) is 0 Å². The molecule has 0 aromatic heterocycles. The van der Waals surface area contributed by atoms with Gasteiger partial charge in [0.15, 0.2) is 0 Å². The molecule has 3 rings (SSSR count). The summed E-state index contributed by atoms with van der Waals surface area (Å²) in [7, 11) is -3.45. The minimum absolute atomic E-state index is 0.142. The van der Waals surface area contributed by atoms with Gasteiger partial charge in [0.25, 0.3) is 0 Å². The molecule has 0 saturated heterocycles. The summed E-state index contributed by atoms with van der Waals surface area (Å²) in [5, 5.41) is 0. The summed E-state index contributed by atoms with van der Waals surface area (Å²) < 4.78 is 27.8. The SMILES string of the molecule is C[C@H](CNS(=O)(=O)c1ccc2c(c1)CCCC2)c1ccccc1. The van der Waals surface area contributed by atoms with Crippen LogP contribution in [0.25, 0.3) is 0 Å². The molecule has 0 radical (unpaired) electrons. The normalized spacial score (nSPS) is 15.9. The zero-order valence-corrected chi connectivity index (χ0v) is 14.3. The van der Waals surface area contributed by atoms with E-state index in [2.05, 4.69) is 4.72 Å². The second-order valence-corrected chi connectivity index (χ2v) is 8.07. The van der Waals surface area contributed by atoms with E-state index in [4.69, 9.17) is 0 Å². The van der Waals surface area contributed by atoms with Crippen LogP contribution in [-0.4, -0.2) is 15.0 Å². The Balaban J connectivity index is 1.72. The van der Waals surface area contributed by atoms with E-state index in [9.17, 15) is 8.42 Å². The summed E-state index contributed by atoms with van der Waals surface area (Å²) in [6.07, 6.45) is 4.40. The highest BCUT2D eigenvalue weighted by molar-refractivity contribution is 7.89. The van der Waals surface area contributed by atoms with Gasteiger partial charge in [0, 0.05) is 6.54 Å². The fraction of sp³-hybridized carbons (Fsp3) is 0.368. The average molecular weight is 329 g/mol. The number of hydrogen-bond donors (Lipinski definition) is 1. The van der Waals surface area contributed by atoms with E-state index in [-0.39, 0.29) is 5.92 Å². The lowest BCUT2D eigenvalue weighted by molar-refractivity contribution is 0.574. The van der Waals surface area contributed by atoms with E-state index in [1.807, 2.05) is 49.4 Å². The number of rotatable bonds is 5. The molecule has 3 nitrogen and oxygen atoms in total. The summed E-state index contributed by atoms with van der Waals surface area (Å²) in [5.41, 5.74) is 3.63. The molecule has 23 heavy (non-hydrogen) atoms. The lowest BCUT2D eigenvalue weighted by Crippen LogP contribution is -2.28. The van der Waals surface area contributed by atoms with Crippen molar-refractivity contribution in [2.75, 3.05) is 6.54 Å². The number of aryl methyl sites for hydroxylation is 2. The van der Waals surface area contributed by atoms with Gasteiger partial charge in [0.1, 0.15) is 0 Å². The molecular formula is C19H23NO2S. The lowest BCUT2D eigenvalue weighted by atomic mass is 9.92. The Hall–Kier alpha value is -1.65. The quantitative estimate of drug-likeness (QED) is 0.910. The van der Waals surface area contributed by atoms with Gasteiger partial charge in [-0.2, -0.15) is 0 Å². The monoisotopic (exact) mass is 329 g/mol. The number of fused-ring (bicyclic) bond motifs is 1. The van der Waals surface area contributed by atoms with Gasteiger partial charge < -0.3 is 0 Å². The van der Waals surface area contributed by atoms with Gasteiger partial charge in [-0.15, -0.1) is 0 Å². The van der Waals surface area contributed by atoms with Crippen molar-refractivity contribution in [3.8, 4) is 0 Å². The first kappa shape index (κ1) is 16.2. The molecule has 1 atom stereocenters. The van der Waals surface area contributed by atoms with Crippen LogP contribution in [0.15, 0.2) is 53.4 Å². The van der Waals surface area contributed by atoms with Crippen LogP contribution in [0.4, 0.5) is 0 Å². The smallest absolute Gasteiger partial charge is 0.211 e. The molecule has 1 aliphatic carbocycles. The number of sulfonamides is 1. The van der Waals surface area contributed by atoms with Crippen LogP contribution in [0.2, 0.25) is 0 Å². The average Bonchev–Trinajstić information content (AvgIpc) is 2.60. The van der Waals surface area contributed by atoms with Gasteiger partial charge in [-0.25, -0.2) is 13.1 Å². The van der Waals surface area contributed by atoms with Crippen molar-refractivity contribution in [2.24, 2.45) is 0 Å². The first-order valence-corrected chi connectivity index (χ1v) is 9.71. The van der Waals surface area contributed by atoms with Crippen LogP contribution < -0.4 is 4.72 Å². The van der Waals surface area contributed by atoms with E-state index in [1.165, 1.54) is 17.5 Å². The van der Waals surface area contributed by atoms with Crippen LogP contribution >= 0.6 is 0 Å². The van der Waals surface area contributed by atoms with Crippen molar-refractivity contribution in [1.29, 1.82) is 0 Å². The third kappa shape index (κ3) is 3.82. The summed E-state index contributed by atoms with van der Waals surface area (Å²) in [4.78, 5) is 0.387. The third-order valence-corrected chi connectivity index (χ3v) is 6.00. The number of benzene rings is 2. The van der Waals surface area contributed by atoms with Crippen LogP contribution in [0.1, 0.15) is 42.4 Å². The first-order valence-electron chi connectivity index (χ1n) is 8.23. The van der Waals surface area contributed by atoms with Crippen molar-refractivity contribution >= 4 is 10.0 Å². The Kier molecular flexibility index (Phi) is 4.83. The summed E-state index contributed by atoms with van der Waals surface area (Å²) in [5.74, 6) is 0.142. The molecule has 0 aliphatic heterocycles. The molecule has 2 aromatic rings. The van der Waals surface area contributed by atoms with Gasteiger partial charge in [0.05, 0.1) is 4.90 Å². The molecule has 0 saturated carbocycles. The van der Waals surface area contributed by atoms with Gasteiger partial charge in [0.2, 0.25) is 10.0 Å². The molecule has 122 valence electrons. The van der Waals surface area contributed by atoms with Gasteiger partial charge in [-0.3, -0.25) is 0 Å². The lowest BCUT2D eigenvalue weighted by Gasteiger charge is -2.17. The van der Waals surface area contributed by atoms with E-state index in [0.717, 1.165) is 24.8 Å². The molecule has 0 bridgehead atoms. The highest BCUT2D eigenvalue weighted by Crippen LogP contribution is 2.24. The van der Waals surface area contributed by atoms with Crippen LogP contribution in [-0.2, 0) is 22.9 Å². The second kappa shape index (κ2) is 6.85. The van der Waals surface area contributed by atoms with Gasteiger partial charge in [-0.05, 0) is 60.4 Å². The Morgan fingerprint density at radius 3 is 2.43 bits per heavy atom. The van der Waals surface area contributed by atoms with Gasteiger partial charge >= 0.3 is 0 Å². The van der Waals surface area contributed by atoms with Crippen molar-refractivity contribution in [3.05, 3.63) is 65.2 Å². The van der Waals surface area contributed by atoms with E-state index in [0.29, 0.717) is 11.4 Å². The summed E-state index contributed by atoms with van der Waals surface area (Å²) in [6, 6.07) is 15.5. The molecule has 4 heteroatoms. The topological polar surface area (TPSA) is 46.2 Å². The highest BCUT2D eigenvalue weighted by atomic mass is 32.2. The maximum absolute atomic E-state index is 12.5. The zero-order chi connectivity index (χ0) is 16.3. The largest absolute Gasteiger partial charge is 0.240 e. The number of hydrogen-bond acceptors (Lipinski definition) is 2. The highest BCUT2D eigenvalue weighted by Gasteiger charge is 2.18.